The minimum Gasteiger partial charge on any atom is -0.495 e. The van der Waals surface area contributed by atoms with Gasteiger partial charge in [0, 0.05) is 11.7 Å². The fourth-order valence-corrected chi connectivity index (χ4v) is 5.54. The second kappa shape index (κ2) is 8.67. The number of carbonyl (C=O) groups excluding carboxylic acids is 1. The Labute approximate surface area is 189 Å². The van der Waals surface area contributed by atoms with Gasteiger partial charge in [-0.05, 0) is 56.2 Å². The molecule has 4 rings (SSSR count). The second-order valence-corrected chi connectivity index (χ2v) is 9.80. The monoisotopic (exact) mass is 450 g/mol. The van der Waals surface area contributed by atoms with E-state index in [4.69, 9.17) is 4.74 Å². The maximum atomic E-state index is 13.7. The summed E-state index contributed by atoms with van der Waals surface area (Å²) in [5.41, 5.74) is 3.19. The fraction of sp³-hybridized carbons (Fsp3) is 0.240. The van der Waals surface area contributed by atoms with E-state index in [0.29, 0.717) is 11.4 Å². The Hall–Kier alpha value is -3.32. The molecule has 1 aliphatic rings. The number of para-hydroxylation sites is 3. The first-order valence-corrected chi connectivity index (χ1v) is 11.9. The first-order valence-electron chi connectivity index (χ1n) is 10.5. The molecule has 1 atom stereocenters. The molecule has 0 aliphatic carbocycles. The van der Waals surface area contributed by atoms with Crippen LogP contribution in [0.1, 0.15) is 18.1 Å². The first kappa shape index (κ1) is 21.9. The zero-order valence-electron chi connectivity index (χ0n) is 18.4. The van der Waals surface area contributed by atoms with Gasteiger partial charge in [0.15, 0.2) is 0 Å². The van der Waals surface area contributed by atoms with Crippen molar-refractivity contribution < 1.29 is 17.9 Å². The number of fused-ring (bicyclic) bond motifs is 1. The highest BCUT2D eigenvalue weighted by molar-refractivity contribution is 7.92. The fourth-order valence-electron chi connectivity index (χ4n) is 4.12. The predicted molar refractivity (Wildman–Crippen MR) is 126 cm³/mol. The number of benzene rings is 3. The van der Waals surface area contributed by atoms with Gasteiger partial charge in [0.2, 0.25) is 5.91 Å². The summed E-state index contributed by atoms with van der Waals surface area (Å²) >= 11 is 0. The van der Waals surface area contributed by atoms with Crippen molar-refractivity contribution in [1.82, 2.24) is 0 Å². The highest BCUT2D eigenvalue weighted by Gasteiger charge is 2.35. The topological polar surface area (TPSA) is 66.9 Å². The van der Waals surface area contributed by atoms with Gasteiger partial charge >= 0.3 is 0 Å². The van der Waals surface area contributed by atoms with E-state index in [9.17, 15) is 13.2 Å². The molecule has 3 aromatic rings. The van der Waals surface area contributed by atoms with E-state index in [1.165, 1.54) is 7.11 Å². The van der Waals surface area contributed by atoms with Crippen LogP contribution in [0.3, 0.4) is 0 Å². The number of methoxy groups -OCH3 is 1. The summed E-state index contributed by atoms with van der Waals surface area (Å²) in [6, 6.07) is 21.1. The largest absolute Gasteiger partial charge is 0.495 e. The van der Waals surface area contributed by atoms with Gasteiger partial charge in [-0.1, -0.05) is 48.0 Å². The molecule has 1 heterocycles. The van der Waals surface area contributed by atoms with E-state index in [1.54, 1.807) is 53.4 Å². The van der Waals surface area contributed by atoms with Crippen LogP contribution in [0.4, 0.5) is 11.4 Å². The minimum absolute atomic E-state index is 0.0542. The molecule has 7 heteroatoms. The molecule has 0 radical (unpaired) electrons. The van der Waals surface area contributed by atoms with Gasteiger partial charge in [-0.15, -0.1) is 0 Å². The lowest BCUT2D eigenvalue weighted by molar-refractivity contribution is -0.117. The van der Waals surface area contributed by atoms with E-state index < -0.39 is 10.0 Å². The molecule has 0 saturated carbocycles. The molecule has 1 amide bonds. The zero-order chi connectivity index (χ0) is 22.9. The van der Waals surface area contributed by atoms with Gasteiger partial charge in [-0.2, -0.15) is 0 Å². The van der Waals surface area contributed by atoms with Crippen LogP contribution in [0.2, 0.25) is 0 Å². The molecule has 0 fully saturated rings. The van der Waals surface area contributed by atoms with E-state index in [2.05, 4.69) is 0 Å². The van der Waals surface area contributed by atoms with Crippen molar-refractivity contribution in [1.29, 1.82) is 0 Å². The van der Waals surface area contributed by atoms with Crippen LogP contribution in [0.15, 0.2) is 77.7 Å². The molecule has 6 nitrogen and oxygen atoms in total. The molecule has 1 aliphatic heterocycles. The molecular weight excluding hydrogens is 424 g/mol. The van der Waals surface area contributed by atoms with E-state index in [-0.39, 0.29) is 23.4 Å². The number of carbonyl (C=O) groups is 1. The van der Waals surface area contributed by atoms with E-state index in [1.807, 2.05) is 38.1 Å². The number of aryl methyl sites for hydroxylation is 1. The van der Waals surface area contributed by atoms with Crippen LogP contribution in [0, 0.1) is 6.92 Å². The highest BCUT2D eigenvalue weighted by atomic mass is 32.2. The number of anilines is 2. The third-order valence-corrected chi connectivity index (χ3v) is 7.49. The highest BCUT2D eigenvalue weighted by Crippen LogP contribution is 2.35. The molecule has 0 saturated heterocycles. The van der Waals surface area contributed by atoms with Crippen molar-refractivity contribution in [3.05, 3.63) is 83.9 Å². The average molecular weight is 451 g/mol. The van der Waals surface area contributed by atoms with E-state index >= 15 is 0 Å². The van der Waals surface area contributed by atoms with Crippen LogP contribution < -0.4 is 13.9 Å². The number of sulfonamides is 1. The number of amides is 1. The molecule has 166 valence electrons. The Balaban J connectivity index is 1.77. The van der Waals surface area contributed by atoms with Crippen LogP contribution >= 0.6 is 0 Å². The summed E-state index contributed by atoms with van der Waals surface area (Å²) in [5, 5.41) is 0. The number of rotatable bonds is 6. The molecule has 0 N–H and O–H groups in total. The Morgan fingerprint density at radius 2 is 1.69 bits per heavy atom. The second-order valence-electron chi connectivity index (χ2n) is 7.94. The summed E-state index contributed by atoms with van der Waals surface area (Å²) in [6.07, 6.45) is 0.737. The summed E-state index contributed by atoms with van der Waals surface area (Å²) in [4.78, 5) is 15.3. The van der Waals surface area contributed by atoms with Gasteiger partial charge < -0.3 is 9.64 Å². The zero-order valence-corrected chi connectivity index (χ0v) is 19.2. The smallest absolute Gasteiger partial charge is 0.264 e. The average Bonchev–Trinajstić information content (AvgIpc) is 3.13. The lowest BCUT2D eigenvalue weighted by atomic mass is 10.1. The minimum atomic E-state index is -4.02. The van der Waals surface area contributed by atoms with Crippen molar-refractivity contribution in [3.8, 4) is 5.75 Å². The summed E-state index contributed by atoms with van der Waals surface area (Å²) in [5.74, 6) is 0.0925. The number of hydrogen-bond donors (Lipinski definition) is 0. The Morgan fingerprint density at radius 1 is 1.03 bits per heavy atom. The third-order valence-electron chi connectivity index (χ3n) is 5.72. The lowest BCUT2D eigenvalue weighted by Crippen LogP contribution is -2.45. The molecule has 0 bridgehead atoms. The van der Waals surface area contributed by atoms with Crippen LogP contribution in [0.25, 0.3) is 0 Å². The quantitative estimate of drug-likeness (QED) is 0.565. The van der Waals surface area contributed by atoms with Gasteiger partial charge in [0.05, 0.1) is 17.7 Å². The third kappa shape index (κ3) is 3.96. The van der Waals surface area contributed by atoms with Crippen molar-refractivity contribution in [2.45, 2.75) is 31.2 Å². The summed E-state index contributed by atoms with van der Waals surface area (Å²) in [6.45, 7) is 3.53. The number of nitrogens with zero attached hydrogens (tertiary/aromatic N) is 2. The van der Waals surface area contributed by atoms with Crippen LogP contribution in [-0.2, 0) is 21.2 Å². The summed E-state index contributed by atoms with van der Waals surface area (Å²) in [7, 11) is -2.53. The SMILES string of the molecule is COc1ccccc1N(CC(=O)N1c2ccccc2C[C@@H]1C)S(=O)(=O)c1ccc(C)cc1. The molecule has 0 aromatic heterocycles. The lowest BCUT2D eigenvalue weighted by Gasteiger charge is -2.29. The molecule has 32 heavy (non-hydrogen) atoms. The Bertz CT molecular complexity index is 1240. The maximum Gasteiger partial charge on any atom is 0.264 e. The van der Waals surface area contributed by atoms with Crippen LogP contribution in [0.5, 0.6) is 5.75 Å². The van der Waals surface area contributed by atoms with Gasteiger partial charge in [0.1, 0.15) is 12.3 Å². The standard InChI is InChI=1S/C25H26N2O4S/c1-18-12-14-21(15-13-18)32(29,30)26(23-10-6-7-11-24(23)31-3)17-25(28)27-19(2)16-20-8-4-5-9-22(20)27/h4-15,19H,16-17H2,1-3H3/t19-/m0/s1. The van der Waals surface area contributed by atoms with Crippen molar-refractivity contribution in [3.63, 3.8) is 0 Å². The molecular formula is C25H26N2O4S. The van der Waals surface area contributed by atoms with Gasteiger partial charge in [-0.25, -0.2) is 8.42 Å². The van der Waals surface area contributed by atoms with Crippen molar-refractivity contribution in [2.24, 2.45) is 0 Å². The van der Waals surface area contributed by atoms with Gasteiger partial charge in [0.25, 0.3) is 10.0 Å². The summed E-state index contributed by atoms with van der Waals surface area (Å²) < 4.78 is 34.0. The van der Waals surface area contributed by atoms with Crippen LogP contribution in [-0.4, -0.2) is 34.0 Å². The van der Waals surface area contributed by atoms with Gasteiger partial charge in [-0.3, -0.25) is 9.10 Å². The first-order chi connectivity index (χ1) is 15.3. The van der Waals surface area contributed by atoms with Crippen molar-refractivity contribution in [2.75, 3.05) is 22.9 Å². The molecule has 3 aromatic carbocycles. The molecule has 0 spiro atoms. The Kier molecular flexibility index (Phi) is 5.93. The number of hydrogen-bond acceptors (Lipinski definition) is 4. The van der Waals surface area contributed by atoms with Crippen molar-refractivity contribution >= 4 is 27.3 Å². The maximum absolute atomic E-state index is 13.7. The normalized spacial score (nSPS) is 15.3. The number of ether oxygens (including phenoxy) is 1. The van der Waals surface area contributed by atoms with E-state index in [0.717, 1.165) is 27.5 Å². The Morgan fingerprint density at radius 3 is 2.41 bits per heavy atom. The molecule has 0 unspecified atom stereocenters. The predicted octanol–water partition coefficient (Wildman–Crippen LogP) is 4.18.